The maximum atomic E-state index is 14.9. The fourth-order valence-corrected chi connectivity index (χ4v) is 10.0. The summed E-state index contributed by atoms with van der Waals surface area (Å²) in [6.07, 6.45) is 2.85. The summed E-state index contributed by atoms with van der Waals surface area (Å²) < 4.78 is 82.2. The Morgan fingerprint density at radius 1 is 1.12 bits per heavy atom. The lowest BCUT2D eigenvalue weighted by molar-refractivity contribution is -0.257. The number of benzene rings is 1. The molecule has 2 amide bonds. The van der Waals surface area contributed by atoms with Crippen molar-refractivity contribution in [1.82, 2.24) is 24.0 Å². The quantitative estimate of drug-likeness (QED) is 0.189. The zero-order valence-electron chi connectivity index (χ0n) is 33.6. The maximum Gasteiger partial charge on any atom is 0.427 e. The van der Waals surface area contributed by atoms with Gasteiger partial charge in [-0.1, -0.05) is 37.6 Å². The second kappa shape index (κ2) is 15.3. The van der Waals surface area contributed by atoms with Gasteiger partial charge in [0.1, 0.15) is 6.10 Å². The molecule has 59 heavy (non-hydrogen) atoms. The second-order valence-corrected chi connectivity index (χ2v) is 20.4. The van der Waals surface area contributed by atoms with E-state index >= 15 is 0 Å². The molecule has 13 nitrogen and oxygen atoms in total. The minimum Gasteiger partial charge on any atom is -0.472 e. The number of fused-ring (bicyclic) bond motifs is 5. The lowest BCUT2D eigenvalue weighted by atomic mass is 9.82. The van der Waals surface area contributed by atoms with Gasteiger partial charge in [0.25, 0.3) is 0 Å². The molecule has 320 valence electrons. The van der Waals surface area contributed by atoms with E-state index in [1.807, 2.05) is 19.1 Å². The molecule has 2 aromatic heterocycles. The summed E-state index contributed by atoms with van der Waals surface area (Å²) in [5.41, 5.74) is -3.55. The summed E-state index contributed by atoms with van der Waals surface area (Å²) in [5, 5.41) is 0.920. The minimum atomic E-state index is -4.88. The highest BCUT2D eigenvalue weighted by Crippen LogP contribution is 2.58. The van der Waals surface area contributed by atoms with Crippen LogP contribution in [0.15, 0.2) is 42.7 Å². The van der Waals surface area contributed by atoms with E-state index in [0.717, 1.165) is 13.8 Å². The minimum absolute atomic E-state index is 0.00486. The molecule has 2 aliphatic heterocycles. The number of alkyl halides is 3. The second-order valence-electron chi connectivity index (χ2n) is 17.8. The summed E-state index contributed by atoms with van der Waals surface area (Å²) in [7, 11) is -4.04. The zero-order valence-corrected chi connectivity index (χ0v) is 35.1. The van der Waals surface area contributed by atoms with E-state index in [0.29, 0.717) is 53.8 Å². The molecule has 4 heterocycles. The molecule has 1 saturated heterocycles. The van der Waals surface area contributed by atoms with E-state index in [2.05, 4.69) is 14.7 Å². The molecule has 2 aliphatic carbocycles. The van der Waals surface area contributed by atoms with Crippen molar-refractivity contribution in [1.29, 1.82) is 0 Å². The van der Waals surface area contributed by atoms with Crippen molar-refractivity contribution in [2.45, 2.75) is 121 Å². The van der Waals surface area contributed by atoms with Crippen LogP contribution < -0.4 is 9.46 Å². The number of ketones is 1. The monoisotopic (exact) mass is 863 g/mol. The summed E-state index contributed by atoms with van der Waals surface area (Å²) in [6.45, 7) is 6.58. The average molecular weight is 864 g/mol. The van der Waals surface area contributed by atoms with Crippen molar-refractivity contribution >= 4 is 61.9 Å². The number of allylic oxidation sites excluding steroid dienone is 2. The molecule has 4 aliphatic rings. The third-order valence-electron chi connectivity index (χ3n) is 12.8. The molecule has 0 bridgehead atoms. The van der Waals surface area contributed by atoms with Gasteiger partial charge in [0, 0.05) is 30.3 Å². The van der Waals surface area contributed by atoms with Crippen LogP contribution in [0.25, 0.3) is 16.7 Å². The lowest BCUT2D eigenvalue weighted by Gasteiger charge is -2.33. The SMILES string of the molecule is C[C@H]1CC/C=C\[C@@H]2C[C@@]2(C(=O)NS(=O)(=O)C2(C)CC2)CC(=O)[C@@H]2C[C@@H](Oc3nc4nccn4c4ccc(Cl)cc34)CN2C(=O)[C@@H](CC(=O)OC(C)(C)C(F)(F)F)[C@H](C)C1. The number of ether oxygens (including phenoxy) is 2. The average Bonchev–Trinajstić information content (AvgIpc) is 3.93. The Labute approximate surface area is 345 Å². The van der Waals surface area contributed by atoms with Gasteiger partial charge in [0.15, 0.2) is 5.78 Å². The number of carbonyl (C=O) groups excluding carboxylic acids is 4. The number of halogens is 4. The van der Waals surface area contributed by atoms with Crippen LogP contribution in [0.2, 0.25) is 5.02 Å². The number of amides is 2. The van der Waals surface area contributed by atoms with Crippen LogP contribution >= 0.6 is 11.6 Å². The first-order valence-corrected chi connectivity index (χ1v) is 21.8. The first kappa shape index (κ1) is 42.9. The third-order valence-corrected chi connectivity index (χ3v) is 15.2. The van der Waals surface area contributed by atoms with Crippen LogP contribution in [0.5, 0.6) is 5.88 Å². The highest BCUT2D eigenvalue weighted by atomic mass is 35.5. The Morgan fingerprint density at radius 2 is 1.85 bits per heavy atom. The number of aromatic nitrogens is 3. The largest absolute Gasteiger partial charge is 0.472 e. The number of imidazole rings is 1. The molecule has 0 radical (unpaired) electrons. The van der Waals surface area contributed by atoms with Gasteiger partial charge in [-0.15, -0.1) is 0 Å². The van der Waals surface area contributed by atoms with Crippen LogP contribution in [0.3, 0.4) is 0 Å². The number of nitrogens with one attached hydrogen (secondary N) is 1. The number of hydrogen-bond donors (Lipinski definition) is 1. The fourth-order valence-electron chi connectivity index (χ4n) is 8.50. The molecule has 2 saturated carbocycles. The summed E-state index contributed by atoms with van der Waals surface area (Å²) in [6, 6.07) is 3.93. The molecule has 18 heteroatoms. The fraction of sp³-hybridized carbons (Fsp3) is 0.610. The molecule has 7 rings (SSSR count). The van der Waals surface area contributed by atoms with Gasteiger partial charge in [-0.25, -0.2) is 13.4 Å². The molecule has 3 fully saturated rings. The van der Waals surface area contributed by atoms with E-state index < -0.39 is 98.3 Å². The number of carbonyl (C=O) groups is 4. The molecule has 0 unspecified atom stereocenters. The van der Waals surface area contributed by atoms with Crippen molar-refractivity contribution in [2.75, 3.05) is 6.54 Å². The Morgan fingerprint density at radius 3 is 2.54 bits per heavy atom. The predicted molar refractivity (Wildman–Crippen MR) is 211 cm³/mol. The van der Waals surface area contributed by atoms with Crippen LogP contribution in [0, 0.1) is 29.1 Å². The van der Waals surface area contributed by atoms with Crippen molar-refractivity contribution in [3.8, 4) is 5.88 Å². The van der Waals surface area contributed by atoms with E-state index in [4.69, 9.17) is 21.1 Å². The van der Waals surface area contributed by atoms with Gasteiger partial charge in [-0.05, 0) is 95.2 Å². The lowest BCUT2D eigenvalue weighted by Crippen LogP contribution is -2.48. The third kappa shape index (κ3) is 8.42. The van der Waals surface area contributed by atoms with E-state index in [-0.39, 0.29) is 31.2 Å². The maximum absolute atomic E-state index is 14.9. The van der Waals surface area contributed by atoms with Gasteiger partial charge in [0.05, 0.1) is 46.0 Å². The van der Waals surface area contributed by atoms with E-state index in [1.54, 1.807) is 48.8 Å². The van der Waals surface area contributed by atoms with Gasteiger partial charge < -0.3 is 14.4 Å². The summed E-state index contributed by atoms with van der Waals surface area (Å²) in [4.78, 5) is 67.1. The molecule has 3 aromatic rings. The Kier molecular flexibility index (Phi) is 11.1. The number of hydrogen-bond acceptors (Lipinski definition) is 10. The molecule has 1 aromatic carbocycles. The normalized spacial score (nSPS) is 29.5. The van der Waals surface area contributed by atoms with Crippen molar-refractivity contribution in [2.24, 2.45) is 29.1 Å². The number of nitrogens with zero attached hydrogens (tertiary/aromatic N) is 4. The van der Waals surface area contributed by atoms with Gasteiger partial charge in [-0.3, -0.25) is 28.3 Å². The summed E-state index contributed by atoms with van der Waals surface area (Å²) >= 11 is 6.39. The molecular weight excluding hydrogens is 815 g/mol. The molecule has 0 spiro atoms. The smallest absolute Gasteiger partial charge is 0.427 e. The Hall–Kier alpha value is -4.25. The van der Waals surface area contributed by atoms with Crippen LogP contribution in [0.4, 0.5) is 13.2 Å². The van der Waals surface area contributed by atoms with Crippen molar-refractivity contribution < 1.29 is 50.2 Å². The van der Waals surface area contributed by atoms with E-state index in [9.17, 15) is 40.8 Å². The van der Waals surface area contributed by atoms with Gasteiger partial charge >= 0.3 is 12.1 Å². The zero-order chi connectivity index (χ0) is 42.9. The molecular formula is C41H49ClF3N5O8S. The Balaban J connectivity index is 1.25. The first-order valence-electron chi connectivity index (χ1n) is 20.0. The van der Waals surface area contributed by atoms with Crippen molar-refractivity contribution in [3.05, 3.63) is 47.8 Å². The van der Waals surface area contributed by atoms with Crippen LogP contribution in [0.1, 0.15) is 92.4 Å². The first-order chi connectivity index (χ1) is 27.5. The van der Waals surface area contributed by atoms with Crippen LogP contribution in [-0.4, -0.2) is 86.5 Å². The van der Waals surface area contributed by atoms with Crippen molar-refractivity contribution in [3.63, 3.8) is 0 Å². The molecule has 7 atom stereocenters. The van der Waals surface area contributed by atoms with E-state index in [1.165, 1.54) is 4.90 Å². The topological polar surface area (TPSA) is 166 Å². The highest BCUT2D eigenvalue weighted by molar-refractivity contribution is 7.91. The van der Waals surface area contributed by atoms with Gasteiger partial charge in [-0.2, -0.15) is 18.2 Å². The number of rotatable bonds is 8. The predicted octanol–water partition coefficient (Wildman–Crippen LogP) is 6.75. The number of sulfonamides is 1. The number of esters is 1. The van der Waals surface area contributed by atoms with Crippen LogP contribution in [-0.2, 0) is 33.9 Å². The Bertz CT molecular complexity index is 2330. The van der Waals surface area contributed by atoms with Gasteiger partial charge in [0.2, 0.25) is 39.1 Å². The highest BCUT2D eigenvalue weighted by Gasteiger charge is 2.63. The molecule has 1 N–H and O–H groups in total. The number of Topliss-reactive ketones (excluding diaryl/α,β-unsaturated/α-hetero) is 1. The standard InChI is InChI=1S/C41H49ClF3N5O8S/c1-23-8-6-7-9-25-20-40(25,36(54)48-59(55,56)39(5)12-13-39)21-32(51)31-18-27(57-34-29-17-26(42)10-11-30(29)49-15-14-46-37(49)47-34)22-50(31)35(53)28(24(2)16-23)19-33(52)58-38(3,4)41(43,44)45/h7,9-11,14-15,17,23-25,27-28,31H,6,8,12-13,16,18-22H2,1-5H3,(H,48,54)/b9-7-/t23-,24+,25+,27+,28-,31-,40+/m0/s1. The summed E-state index contributed by atoms with van der Waals surface area (Å²) in [5.74, 6) is -4.87.